The Balaban J connectivity index is 1.78. The van der Waals surface area contributed by atoms with Gasteiger partial charge in [0, 0.05) is 17.3 Å². The third-order valence-corrected chi connectivity index (χ3v) is 4.01. The molecule has 9 heteroatoms. The van der Waals surface area contributed by atoms with Crippen molar-refractivity contribution < 1.29 is 33.3 Å². The second-order valence-electron chi connectivity index (χ2n) is 6.38. The van der Waals surface area contributed by atoms with Crippen LogP contribution in [0.1, 0.15) is 31.1 Å². The number of rotatable bonds is 12. The fourth-order valence-corrected chi connectivity index (χ4v) is 2.65. The molecule has 2 aromatic carbocycles. The zero-order valence-electron chi connectivity index (χ0n) is 18.4. The molecule has 0 spiro atoms. The molecule has 0 saturated carbocycles. The van der Waals surface area contributed by atoms with Gasteiger partial charge < -0.3 is 29.6 Å². The Kier molecular flexibility index (Phi) is 9.83. The fourth-order valence-electron chi connectivity index (χ4n) is 2.65. The third kappa shape index (κ3) is 7.82. The van der Waals surface area contributed by atoms with Crippen LogP contribution in [-0.2, 0) is 14.3 Å². The molecular weight excluding hydrogens is 416 g/mol. The van der Waals surface area contributed by atoms with Crippen LogP contribution in [0, 0.1) is 0 Å². The van der Waals surface area contributed by atoms with Crippen molar-refractivity contribution in [1.82, 2.24) is 5.32 Å². The van der Waals surface area contributed by atoms with Crippen LogP contribution in [0.15, 0.2) is 42.5 Å². The molecule has 0 saturated heterocycles. The summed E-state index contributed by atoms with van der Waals surface area (Å²) in [7, 11) is 0. The van der Waals surface area contributed by atoms with Crippen LogP contribution < -0.4 is 24.8 Å². The smallest absolute Gasteiger partial charge is 0.325 e. The van der Waals surface area contributed by atoms with Gasteiger partial charge >= 0.3 is 5.97 Å². The second-order valence-corrected chi connectivity index (χ2v) is 6.38. The van der Waals surface area contributed by atoms with Gasteiger partial charge in [0.25, 0.3) is 11.8 Å². The van der Waals surface area contributed by atoms with Crippen molar-refractivity contribution in [3.63, 3.8) is 0 Å². The largest absolute Gasteiger partial charge is 0.494 e. The monoisotopic (exact) mass is 444 g/mol. The quantitative estimate of drug-likeness (QED) is 0.484. The Bertz CT molecular complexity index is 913. The lowest BCUT2D eigenvalue weighted by atomic mass is 10.2. The first-order valence-corrected chi connectivity index (χ1v) is 10.3. The Labute approximate surface area is 187 Å². The van der Waals surface area contributed by atoms with Gasteiger partial charge in [-0.25, -0.2) is 0 Å². The van der Waals surface area contributed by atoms with Crippen molar-refractivity contribution >= 4 is 23.5 Å². The molecule has 9 nitrogen and oxygen atoms in total. The number of anilines is 1. The first kappa shape index (κ1) is 24.5. The van der Waals surface area contributed by atoms with Gasteiger partial charge in [0.1, 0.15) is 12.3 Å². The molecule has 0 heterocycles. The van der Waals surface area contributed by atoms with Gasteiger partial charge in [-0.2, -0.15) is 0 Å². The van der Waals surface area contributed by atoms with E-state index in [1.807, 2.05) is 20.8 Å². The van der Waals surface area contributed by atoms with Gasteiger partial charge in [0.05, 0.1) is 19.8 Å². The topological polar surface area (TPSA) is 112 Å². The Morgan fingerprint density at radius 3 is 2.12 bits per heavy atom. The van der Waals surface area contributed by atoms with Crippen molar-refractivity contribution in [2.75, 3.05) is 38.3 Å². The standard InChI is InChI=1S/C23H28N2O7/c1-4-29-18-10-7-16(8-11-18)23(28)24-14-22(27)32-15-21(26)25-17-9-12-19(30-5-2)20(13-17)31-6-3/h7-13H,4-6,14-15H2,1-3H3,(H,24,28)(H,25,26). The first-order valence-electron chi connectivity index (χ1n) is 10.3. The van der Waals surface area contributed by atoms with E-state index in [2.05, 4.69) is 10.6 Å². The highest BCUT2D eigenvalue weighted by atomic mass is 16.5. The van der Waals surface area contributed by atoms with Gasteiger partial charge in [0.15, 0.2) is 18.1 Å². The second kappa shape index (κ2) is 12.8. The van der Waals surface area contributed by atoms with E-state index in [9.17, 15) is 14.4 Å². The SMILES string of the molecule is CCOc1ccc(C(=O)NCC(=O)OCC(=O)Nc2ccc(OCC)c(OCC)c2)cc1. The minimum Gasteiger partial charge on any atom is -0.494 e. The van der Waals surface area contributed by atoms with Crippen molar-refractivity contribution in [1.29, 1.82) is 0 Å². The molecule has 32 heavy (non-hydrogen) atoms. The van der Waals surface area contributed by atoms with Crippen LogP contribution in [0.25, 0.3) is 0 Å². The summed E-state index contributed by atoms with van der Waals surface area (Å²) in [5, 5.41) is 5.07. The number of carbonyl (C=O) groups excluding carboxylic acids is 3. The number of hydrogen-bond acceptors (Lipinski definition) is 7. The summed E-state index contributed by atoms with van der Waals surface area (Å²) in [6, 6.07) is 11.5. The van der Waals surface area contributed by atoms with Gasteiger partial charge in [-0.05, 0) is 57.2 Å². The lowest BCUT2D eigenvalue weighted by Crippen LogP contribution is -2.32. The maximum atomic E-state index is 12.1. The average Bonchev–Trinajstić information content (AvgIpc) is 2.79. The minimum absolute atomic E-state index is 0.364. The van der Waals surface area contributed by atoms with Crippen LogP contribution >= 0.6 is 0 Å². The molecule has 0 aromatic heterocycles. The van der Waals surface area contributed by atoms with Gasteiger partial charge in [-0.1, -0.05) is 0 Å². The number of hydrogen-bond donors (Lipinski definition) is 2. The van der Waals surface area contributed by atoms with E-state index in [-0.39, 0.29) is 6.54 Å². The highest BCUT2D eigenvalue weighted by Gasteiger charge is 2.12. The highest BCUT2D eigenvalue weighted by Crippen LogP contribution is 2.30. The summed E-state index contributed by atoms with van der Waals surface area (Å²) in [4.78, 5) is 36.0. The summed E-state index contributed by atoms with van der Waals surface area (Å²) >= 11 is 0. The van der Waals surface area contributed by atoms with Crippen molar-refractivity contribution in [2.45, 2.75) is 20.8 Å². The molecule has 0 fully saturated rings. The molecular formula is C23H28N2O7. The van der Waals surface area contributed by atoms with Crippen molar-refractivity contribution in [2.24, 2.45) is 0 Å². The zero-order valence-corrected chi connectivity index (χ0v) is 18.4. The number of amides is 2. The first-order chi connectivity index (χ1) is 15.5. The molecule has 2 amide bonds. The Hall–Kier alpha value is -3.75. The molecule has 0 atom stereocenters. The lowest BCUT2D eigenvalue weighted by molar-refractivity contribution is -0.146. The van der Waals surface area contributed by atoms with E-state index < -0.39 is 24.4 Å². The molecule has 0 aliphatic rings. The molecule has 172 valence electrons. The summed E-state index contributed by atoms with van der Waals surface area (Å²) in [5.41, 5.74) is 0.848. The average molecular weight is 444 g/mol. The van der Waals surface area contributed by atoms with E-state index in [1.165, 1.54) is 0 Å². The van der Waals surface area contributed by atoms with Crippen LogP contribution in [-0.4, -0.2) is 50.8 Å². The summed E-state index contributed by atoms with van der Waals surface area (Å²) in [5.74, 6) is 0.0230. The number of esters is 1. The van der Waals surface area contributed by atoms with E-state index >= 15 is 0 Å². The van der Waals surface area contributed by atoms with Crippen LogP contribution in [0.3, 0.4) is 0 Å². The van der Waals surface area contributed by atoms with E-state index in [4.69, 9.17) is 18.9 Å². The Morgan fingerprint density at radius 2 is 1.47 bits per heavy atom. The predicted octanol–water partition coefficient (Wildman–Crippen LogP) is 2.79. The van der Waals surface area contributed by atoms with Crippen LogP contribution in [0.2, 0.25) is 0 Å². The van der Waals surface area contributed by atoms with Crippen molar-refractivity contribution in [3.8, 4) is 17.2 Å². The molecule has 0 bridgehead atoms. The zero-order chi connectivity index (χ0) is 23.3. The molecule has 2 rings (SSSR count). The molecule has 0 aliphatic heterocycles. The van der Waals surface area contributed by atoms with Crippen LogP contribution in [0.5, 0.6) is 17.2 Å². The van der Waals surface area contributed by atoms with E-state index in [0.717, 1.165) is 0 Å². The summed E-state index contributed by atoms with van der Waals surface area (Å²) in [6.07, 6.45) is 0. The van der Waals surface area contributed by atoms with Gasteiger partial charge in [-0.3, -0.25) is 14.4 Å². The third-order valence-electron chi connectivity index (χ3n) is 4.01. The van der Waals surface area contributed by atoms with E-state index in [0.29, 0.717) is 48.3 Å². The van der Waals surface area contributed by atoms with Gasteiger partial charge in [0.2, 0.25) is 0 Å². The lowest BCUT2D eigenvalue weighted by Gasteiger charge is -2.13. The molecule has 0 radical (unpaired) electrons. The van der Waals surface area contributed by atoms with Gasteiger partial charge in [-0.15, -0.1) is 0 Å². The molecule has 0 unspecified atom stereocenters. The van der Waals surface area contributed by atoms with Crippen LogP contribution in [0.4, 0.5) is 5.69 Å². The molecule has 0 aliphatic carbocycles. The van der Waals surface area contributed by atoms with Crippen molar-refractivity contribution in [3.05, 3.63) is 48.0 Å². The predicted molar refractivity (Wildman–Crippen MR) is 118 cm³/mol. The maximum Gasteiger partial charge on any atom is 0.325 e. The summed E-state index contributed by atoms with van der Waals surface area (Å²) in [6.45, 7) is 6.16. The Morgan fingerprint density at radius 1 is 0.812 bits per heavy atom. The van der Waals surface area contributed by atoms with E-state index in [1.54, 1.807) is 42.5 Å². The number of ether oxygens (including phenoxy) is 4. The minimum atomic E-state index is -0.735. The molecule has 2 N–H and O–H groups in total. The fraction of sp³-hybridized carbons (Fsp3) is 0.348. The number of benzene rings is 2. The molecule has 2 aromatic rings. The number of carbonyl (C=O) groups is 3. The maximum absolute atomic E-state index is 12.1. The summed E-state index contributed by atoms with van der Waals surface area (Å²) < 4.78 is 21.2. The highest BCUT2D eigenvalue weighted by molar-refractivity contribution is 5.96. The number of nitrogens with one attached hydrogen (secondary N) is 2. The normalized spacial score (nSPS) is 10.1.